The quantitative estimate of drug-likeness (QED) is 0.852. The highest BCUT2D eigenvalue weighted by molar-refractivity contribution is 9.10. The Kier molecular flexibility index (Phi) is 3.92. The highest BCUT2D eigenvalue weighted by Gasteiger charge is 2.31. The molecule has 0 spiro atoms. The van der Waals surface area contributed by atoms with Crippen molar-refractivity contribution >= 4 is 27.5 Å². The Labute approximate surface area is 115 Å². The van der Waals surface area contributed by atoms with Gasteiger partial charge in [0.15, 0.2) is 0 Å². The second kappa shape index (κ2) is 5.28. The maximum atomic E-state index is 12.4. The van der Waals surface area contributed by atoms with E-state index in [1.165, 1.54) is 0 Å². The Morgan fingerprint density at radius 2 is 2.28 bits per heavy atom. The third kappa shape index (κ3) is 2.52. The maximum Gasteiger partial charge on any atom is 0.255 e. The van der Waals surface area contributed by atoms with Crippen LogP contribution in [-0.4, -0.2) is 36.6 Å². The zero-order valence-corrected chi connectivity index (χ0v) is 12.1. The molecular formula is C13H17BrN2O2. The largest absolute Gasteiger partial charge is 0.399 e. The molecule has 1 aromatic rings. The summed E-state index contributed by atoms with van der Waals surface area (Å²) < 4.78 is 6.26. The lowest BCUT2D eigenvalue weighted by molar-refractivity contribution is 0.0574. The van der Waals surface area contributed by atoms with Crippen LogP contribution in [0.3, 0.4) is 0 Å². The van der Waals surface area contributed by atoms with Crippen molar-refractivity contribution in [3.63, 3.8) is 0 Å². The Hall–Kier alpha value is -1.07. The van der Waals surface area contributed by atoms with E-state index in [-0.39, 0.29) is 18.1 Å². The Bertz CT molecular complexity index is 464. The molecule has 2 rings (SSSR count). The number of hydrogen-bond donors (Lipinski definition) is 1. The van der Waals surface area contributed by atoms with E-state index in [1.807, 2.05) is 14.0 Å². The van der Waals surface area contributed by atoms with Crippen LogP contribution in [0.2, 0.25) is 0 Å². The van der Waals surface area contributed by atoms with E-state index in [2.05, 4.69) is 15.9 Å². The minimum absolute atomic E-state index is 0.0310. The topological polar surface area (TPSA) is 55.6 Å². The molecule has 0 aliphatic carbocycles. The molecule has 1 aliphatic rings. The zero-order chi connectivity index (χ0) is 13.3. The zero-order valence-electron chi connectivity index (χ0n) is 10.5. The van der Waals surface area contributed by atoms with Crippen molar-refractivity contribution in [3.05, 3.63) is 28.2 Å². The fraction of sp³-hybridized carbons (Fsp3) is 0.462. The number of anilines is 1. The van der Waals surface area contributed by atoms with Gasteiger partial charge in [0.1, 0.15) is 0 Å². The smallest absolute Gasteiger partial charge is 0.255 e. The van der Waals surface area contributed by atoms with Crippen LogP contribution in [0.5, 0.6) is 0 Å². The van der Waals surface area contributed by atoms with Gasteiger partial charge in [0.25, 0.3) is 5.91 Å². The van der Waals surface area contributed by atoms with Crippen LogP contribution in [-0.2, 0) is 4.74 Å². The molecule has 2 atom stereocenters. The fourth-order valence-electron chi connectivity index (χ4n) is 2.28. The van der Waals surface area contributed by atoms with Crippen molar-refractivity contribution < 1.29 is 9.53 Å². The van der Waals surface area contributed by atoms with Gasteiger partial charge in [-0.1, -0.05) is 0 Å². The first-order valence-corrected chi connectivity index (χ1v) is 6.74. The first-order valence-electron chi connectivity index (χ1n) is 5.94. The van der Waals surface area contributed by atoms with E-state index in [4.69, 9.17) is 10.5 Å². The Morgan fingerprint density at radius 1 is 1.56 bits per heavy atom. The normalized spacial score (nSPS) is 23.1. The summed E-state index contributed by atoms with van der Waals surface area (Å²) in [7, 11) is 1.81. The van der Waals surface area contributed by atoms with Crippen LogP contribution < -0.4 is 5.73 Å². The molecule has 0 bridgehead atoms. The number of ether oxygens (including phenoxy) is 1. The Morgan fingerprint density at radius 3 is 2.89 bits per heavy atom. The van der Waals surface area contributed by atoms with Crippen LogP contribution >= 0.6 is 15.9 Å². The lowest BCUT2D eigenvalue weighted by Crippen LogP contribution is -2.41. The highest BCUT2D eigenvalue weighted by Crippen LogP contribution is 2.24. The molecule has 0 saturated carbocycles. The average molecular weight is 313 g/mol. The molecule has 1 heterocycles. The number of hydrogen-bond acceptors (Lipinski definition) is 3. The van der Waals surface area contributed by atoms with E-state index in [9.17, 15) is 4.79 Å². The van der Waals surface area contributed by atoms with Crippen LogP contribution in [0.25, 0.3) is 0 Å². The van der Waals surface area contributed by atoms with Gasteiger partial charge in [-0.05, 0) is 47.5 Å². The van der Waals surface area contributed by atoms with Crippen LogP contribution in [0.1, 0.15) is 23.7 Å². The molecule has 0 radical (unpaired) electrons. The molecule has 2 N–H and O–H groups in total. The monoisotopic (exact) mass is 312 g/mol. The SMILES string of the molecule is CC1OCCC1N(C)C(=O)c1cc(N)ccc1Br. The van der Waals surface area contributed by atoms with Crippen molar-refractivity contribution in [2.75, 3.05) is 19.4 Å². The summed E-state index contributed by atoms with van der Waals surface area (Å²) in [5, 5.41) is 0. The van der Waals surface area contributed by atoms with Crippen LogP contribution in [0, 0.1) is 0 Å². The lowest BCUT2D eigenvalue weighted by Gasteiger charge is -2.27. The van der Waals surface area contributed by atoms with Gasteiger partial charge >= 0.3 is 0 Å². The number of nitrogens with two attached hydrogens (primary N) is 1. The molecule has 0 aromatic heterocycles. The second-order valence-corrected chi connectivity index (χ2v) is 5.44. The number of carbonyl (C=O) groups excluding carboxylic acids is 1. The number of nitrogens with zero attached hydrogens (tertiary/aromatic N) is 1. The van der Waals surface area contributed by atoms with Gasteiger partial charge in [0.05, 0.1) is 17.7 Å². The Balaban J connectivity index is 2.22. The van der Waals surface area contributed by atoms with Crippen molar-refractivity contribution in [1.29, 1.82) is 0 Å². The molecule has 4 nitrogen and oxygen atoms in total. The average Bonchev–Trinajstić information content (AvgIpc) is 2.77. The van der Waals surface area contributed by atoms with E-state index in [0.717, 1.165) is 10.9 Å². The van der Waals surface area contributed by atoms with Gasteiger partial charge in [-0.3, -0.25) is 4.79 Å². The van der Waals surface area contributed by atoms with Crippen molar-refractivity contribution in [2.45, 2.75) is 25.5 Å². The fourth-order valence-corrected chi connectivity index (χ4v) is 2.69. The van der Waals surface area contributed by atoms with E-state index < -0.39 is 0 Å². The number of benzene rings is 1. The van der Waals surface area contributed by atoms with E-state index in [1.54, 1.807) is 23.1 Å². The van der Waals surface area contributed by atoms with Gasteiger partial charge in [-0.2, -0.15) is 0 Å². The van der Waals surface area contributed by atoms with Gasteiger partial charge in [-0.15, -0.1) is 0 Å². The summed E-state index contributed by atoms with van der Waals surface area (Å²) in [6.07, 6.45) is 0.961. The minimum Gasteiger partial charge on any atom is -0.399 e. The van der Waals surface area contributed by atoms with Gasteiger partial charge in [0.2, 0.25) is 0 Å². The number of likely N-dealkylation sites (N-methyl/N-ethyl adjacent to an activating group) is 1. The molecule has 2 unspecified atom stereocenters. The predicted octanol–water partition coefficient (Wildman–Crippen LogP) is 2.28. The molecule has 18 heavy (non-hydrogen) atoms. The summed E-state index contributed by atoms with van der Waals surface area (Å²) in [4.78, 5) is 14.2. The first kappa shape index (κ1) is 13.4. The third-order valence-corrected chi connectivity index (χ3v) is 4.07. The molecule has 1 fully saturated rings. The molecule has 5 heteroatoms. The lowest BCUT2D eigenvalue weighted by atomic mass is 10.1. The van der Waals surface area contributed by atoms with Gasteiger partial charge in [0, 0.05) is 23.8 Å². The maximum absolute atomic E-state index is 12.4. The van der Waals surface area contributed by atoms with Crippen molar-refractivity contribution in [3.8, 4) is 0 Å². The number of halogens is 1. The molecule has 1 aromatic carbocycles. The molecular weight excluding hydrogens is 296 g/mol. The minimum atomic E-state index is -0.0310. The summed E-state index contributed by atoms with van der Waals surface area (Å²) >= 11 is 3.39. The summed E-state index contributed by atoms with van der Waals surface area (Å²) in [6, 6.07) is 5.39. The standard InChI is InChI=1S/C13H17BrN2O2/c1-8-12(5-6-18-8)16(2)13(17)10-7-9(15)3-4-11(10)14/h3-4,7-8,12H,5-6,15H2,1-2H3. The highest BCUT2D eigenvalue weighted by atomic mass is 79.9. The second-order valence-electron chi connectivity index (χ2n) is 4.59. The van der Waals surface area contributed by atoms with Crippen molar-refractivity contribution in [1.82, 2.24) is 4.90 Å². The van der Waals surface area contributed by atoms with E-state index >= 15 is 0 Å². The first-order chi connectivity index (χ1) is 8.50. The van der Waals surface area contributed by atoms with Crippen LogP contribution in [0.4, 0.5) is 5.69 Å². The molecule has 1 aliphatic heterocycles. The summed E-state index contributed by atoms with van der Waals surface area (Å²) in [6.45, 7) is 2.71. The number of carbonyl (C=O) groups is 1. The molecule has 1 amide bonds. The predicted molar refractivity (Wildman–Crippen MR) is 74.5 cm³/mol. The molecule has 98 valence electrons. The van der Waals surface area contributed by atoms with Crippen molar-refractivity contribution in [2.24, 2.45) is 0 Å². The van der Waals surface area contributed by atoms with Gasteiger partial charge in [-0.25, -0.2) is 0 Å². The van der Waals surface area contributed by atoms with Crippen LogP contribution in [0.15, 0.2) is 22.7 Å². The molecule has 1 saturated heterocycles. The third-order valence-electron chi connectivity index (χ3n) is 3.37. The van der Waals surface area contributed by atoms with Gasteiger partial charge < -0.3 is 15.4 Å². The summed E-state index contributed by atoms with van der Waals surface area (Å²) in [5.41, 5.74) is 6.91. The number of rotatable bonds is 2. The summed E-state index contributed by atoms with van der Waals surface area (Å²) in [5.74, 6) is -0.0310. The van der Waals surface area contributed by atoms with E-state index in [0.29, 0.717) is 17.9 Å². The number of nitrogen functional groups attached to an aromatic ring is 1. The number of amides is 1.